The molecule has 3 heterocycles. The van der Waals surface area contributed by atoms with Gasteiger partial charge in [0.2, 0.25) is 41.2 Å². The van der Waals surface area contributed by atoms with Gasteiger partial charge in [-0.1, -0.05) is 98.5 Å². The Bertz CT molecular complexity index is 3870. The number of aliphatic carboxylic acids is 1. The number of carboxylic acids is 1. The standard InChI is InChI=1S/C20H27ClN6O3S.C16H17Cl2N5O3S.C16H18ClN5O4S/c1-3-10-27(2)18(28)20(8-4-5-9-20)26-31(29,30)13-6-7-14-15(11-13)17(25-19(22)23)24-12-16(14)21;17-12-8-21-13(22-15(19)20)11-7-9(3-4-10(11)12)27(25,26)23-16(14(18)24)5-1-2-6-16;17-12-8-20-13(21-15(18)19)11-7-9(3-4-10(11)12)27(25,26)22-16(14(23)24)5-1-2-6-16/h6-7,11-12,26H,3-5,8-10H2,1-2H3,(H4,22,23,24,25);3-4,7-8,23H,1-2,5-6H2,(H4,19,20,21,22);3-4,7-8,22H,1-2,5-6H2,(H,23,24)(H4,18,19,20,21). The van der Waals surface area contributed by atoms with Gasteiger partial charge in [0, 0.05) is 64.5 Å². The van der Waals surface area contributed by atoms with Crippen LogP contribution in [0.15, 0.2) is 103 Å². The van der Waals surface area contributed by atoms with Gasteiger partial charge in [-0.3, -0.25) is 14.4 Å². The third-order valence-electron chi connectivity index (χ3n) is 14.5. The van der Waals surface area contributed by atoms with E-state index >= 15 is 0 Å². The number of hydrogen-bond donors (Lipinski definition) is 10. The number of fused-ring (bicyclic) bond motifs is 3. The van der Waals surface area contributed by atoms with Gasteiger partial charge < -0.3 is 44.4 Å². The van der Waals surface area contributed by atoms with E-state index in [0.717, 1.165) is 19.3 Å². The first kappa shape index (κ1) is 65.7. The second kappa shape index (κ2) is 26.4. The highest BCUT2D eigenvalue weighted by Crippen LogP contribution is 2.39. The lowest BCUT2D eigenvalue weighted by Gasteiger charge is -2.33. The largest absolute Gasteiger partial charge is 0.480 e. The van der Waals surface area contributed by atoms with Crippen LogP contribution in [0, 0.1) is 0 Å². The molecule has 16 N–H and O–H groups in total. The number of carboxylic acid groups (broad SMARTS) is 1. The van der Waals surface area contributed by atoms with Crippen molar-refractivity contribution in [2.45, 2.75) is 122 Å². The summed E-state index contributed by atoms with van der Waals surface area (Å²) in [5, 5.41) is 12.5. The minimum Gasteiger partial charge on any atom is -0.480 e. The van der Waals surface area contributed by atoms with E-state index in [1.807, 2.05) is 6.92 Å². The van der Waals surface area contributed by atoms with E-state index in [2.05, 4.69) is 44.1 Å². The number of nitrogens with one attached hydrogen (secondary N) is 3. The van der Waals surface area contributed by atoms with Gasteiger partial charge >= 0.3 is 5.97 Å². The molecule has 6 aromatic rings. The summed E-state index contributed by atoms with van der Waals surface area (Å²) in [4.78, 5) is 62.0. The molecule has 85 heavy (non-hydrogen) atoms. The van der Waals surface area contributed by atoms with E-state index in [1.165, 1.54) is 67.1 Å². The van der Waals surface area contributed by atoms with Crippen LogP contribution in [0.3, 0.4) is 0 Å². The number of sulfonamides is 3. The van der Waals surface area contributed by atoms with Crippen LogP contribution in [0.25, 0.3) is 32.3 Å². The molecule has 0 saturated heterocycles. The molecule has 0 unspecified atom stereocenters. The summed E-state index contributed by atoms with van der Waals surface area (Å²) in [6, 6.07) is 12.9. The van der Waals surface area contributed by atoms with Crippen molar-refractivity contribution in [3.63, 3.8) is 0 Å². The van der Waals surface area contributed by atoms with Gasteiger partial charge in [0.15, 0.2) is 35.3 Å². The highest BCUT2D eigenvalue weighted by atomic mass is 35.5. The maximum Gasteiger partial charge on any atom is 0.324 e. The topological polar surface area (TPSA) is 445 Å². The number of amides is 1. The van der Waals surface area contributed by atoms with E-state index in [4.69, 9.17) is 80.8 Å². The average Bonchev–Trinajstić information content (AvgIpc) is 3.13. The molecule has 3 aromatic heterocycles. The Morgan fingerprint density at radius 1 is 0.529 bits per heavy atom. The summed E-state index contributed by atoms with van der Waals surface area (Å²) in [5.74, 6) is -1.67. The number of likely N-dealkylation sites (N-methyl/N-ethyl adjacent to an activating group) is 1. The number of carbonyl (C=O) groups is 3. The number of pyridine rings is 3. The smallest absolute Gasteiger partial charge is 0.324 e. The van der Waals surface area contributed by atoms with Gasteiger partial charge in [0.05, 0.1) is 29.8 Å². The second-order valence-corrected chi connectivity index (χ2v) is 27.1. The van der Waals surface area contributed by atoms with Crippen molar-refractivity contribution in [1.29, 1.82) is 0 Å². The maximum atomic E-state index is 13.3. The van der Waals surface area contributed by atoms with E-state index in [-0.39, 0.29) is 68.8 Å². The number of halogens is 4. The minimum atomic E-state index is -4.11. The van der Waals surface area contributed by atoms with Crippen LogP contribution < -0.4 is 48.6 Å². The summed E-state index contributed by atoms with van der Waals surface area (Å²) in [5.41, 5.74) is 28.6. The number of aliphatic imine (C=N–C) groups is 3. The lowest BCUT2D eigenvalue weighted by Crippen LogP contribution is -2.57. The monoisotopic (exact) mass is 1310 g/mol. The SMILES string of the molecule is CCCN(C)C(=O)C1(NS(=O)(=O)c2ccc3c(Cl)cnc(N=C(N)N)c3c2)CCCC1.NC(N)=Nc1ncc(Cl)c2ccc(S(=O)(=O)NC3(C(=O)Cl)CCCC3)cc12.NC(N)=Nc1ncc(Cl)c2ccc(S(=O)(=O)NC3(C(=O)O)CCCC3)cc12. The summed E-state index contributed by atoms with van der Waals surface area (Å²) < 4.78 is 85.7. The van der Waals surface area contributed by atoms with Crippen molar-refractivity contribution in [3.8, 4) is 0 Å². The Morgan fingerprint density at radius 2 is 0.824 bits per heavy atom. The molecule has 3 aliphatic carbocycles. The molecule has 0 spiro atoms. The van der Waals surface area contributed by atoms with E-state index in [0.29, 0.717) is 105 Å². The molecule has 0 radical (unpaired) electrons. The third kappa shape index (κ3) is 14.9. The molecular formula is C52H62Cl4N16O10S3. The van der Waals surface area contributed by atoms with Gasteiger partial charge in [-0.15, -0.1) is 0 Å². The van der Waals surface area contributed by atoms with Crippen molar-refractivity contribution in [1.82, 2.24) is 34.0 Å². The molecule has 0 atom stereocenters. The van der Waals surface area contributed by atoms with Crippen LogP contribution in [0.5, 0.6) is 0 Å². The fourth-order valence-electron chi connectivity index (χ4n) is 10.4. The van der Waals surface area contributed by atoms with Crippen molar-refractivity contribution < 1.29 is 44.7 Å². The van der Waals surface area contributed by atoms with Crippen LogP contribution in [0.1, 0.15) is 90.4 Å². The quantitative estimate of drug-likeness (QED) is 0.0290. The minimum absolute atomic E-state index is 0.0201. The van der Waals surface area contributed by atoms with Crippen LogP contribution in [0.4, 0.5) is 17.5 Å². The highest BCUT2D eigenvalue weighted by molar-refractivity contribution is 7.90. The Hall–Kier alpha value is -6.80. The fourth-order valence-corrected chi connectivity index (χ4v) is 15.7. The third-order valence-corrected chi connectivity index (χ3v) is 20.3. The lowest BCUT2D eigenvalue weighted by molar-refractivity contribution is -0.143. The van der Waals surface area contributed by atoms with E-state index in [1.54, 1.807) is 18.0 Å². The summed E-state index contributed by atoms with van der Waals surface area (Å²) in [6.07, 6.45) is 11.3. The summed E-state index contributed by atoms with van der Waals surface area (Å²) in [7, 11) is -10.5. The predicted octanol–water partition coefficient (Wildman–Crippen LogP) is 5.87. The number of guanidine groups is 3. The molecule has 3 aromatic carbocycles. The van der Waals surface area contributed by atoms with Crippen molar-refractivity contribution in [2.24, 2.45) is 49.4 Å². The second-order valence-electron chi connectivity index (χ2n) is 20.5. The maximum absolute atomic E-state index is 13.3. The Kier molecular flexibility index (Phi) is 20.5. The molecule has 26 nitrogen and oxygen atoms in total. The number of carbonyl (C=O) groups excluding carboxylic acids is 2. The van der Waals surface area contributed by atoms with E-state index < -0.39 is 57.9 Å². The zero-order valence-electron chi connectivity index (χ0n) is 45.8. The highest BCUT2D eigenvalue weighted by Gasteiger charge is 2.47. The van der Waals surface area contributed by atoms with Gasteiger partial charge in [0.1, 0.15) is 16.6 Å². The zero-order chi connectivity index (χ0) is 62.5. The molecule has 3 aliphatic rings. The number of benzene rings is 3. The number of rotatable bonds is 17. The summed E-state index contributed by atoms with van der Waals surface area (Å²) >= 11 is 24.2. The van der Waals surface area contributed by atoms with Crippen molar-refractivity contribution in [2.75, 3.05) is 13.6 Å². The number of nitrogens with zero attached hydrogens (tertiary/aromatic N) is 7. The van der Waals surface area contributed by atoms with Gasteiger partial charge in [-0.2, -0.15) is 29.1 Å². The predicted molar refractivity (Wildman–Crippen MR) is 328 cm³/mol. The Balaban J connectivity index is 0.000000183. The number of hydrogen-bond acceptors (Lipinski definition) is 15. The normalized spacial score (nSPS) is 16.1. The first-order valence-electron chi connectivity index (χ1n) is 26.2. The number of aromatic nitrogens is 3. The van der Waals surface area contributed by atoms with Gasteiger partial charge in [-0.25, -0.2) is 40.2 Å². The van der Waals surface area contributed by atoms with Crippen molar-refractivity contribution in [3.05, 3.63) is 88.3 Å². The van der Waals surface area contributed by atoms with Crippen LogP contribution in [-0.2, 0) is 44.5 Å². The van der Waals surface area contributed by atoms with Gasteiger partial charge in [-0.05, 0) is 92.9 Å². The lowest BCUT2D eigenvalue weighted by atomic mass is 9.97. The van der Waals surface area contributed by atoms with Gasteiger partial charge in [0.25, 0.3) is 0 Å². The van der Waals surface area contributed by atoms with Crippen LogP contribution in [-0.4, -0.2) is 115 Å². The molecular weight excluding hydrogens is 1250 g/mol. The van der Waals surface area contributed by atoms with Crippen LogP contribution in [0.2, 0.25) is 15.1 Å². The molecule has 3 fully saturated rings. The van der Waals surface area contributed by atoms with Crippen LogP contribution >= 0.6 is 46.4 Å². The molecule has 1 amide bonds. The average molecular weight is 1310 g/mol. The molecule has 0 bridgehead atoms. The molecule has 456 valence electrons. The molecule has 9 rings (SSSR count). The first-order valence-corrected chi connectivity index (χ1v) is 32.2. The zero-order valence-corrected chi connectivity index (χ0v) is 51.3. The summed E-state index contributed by atoms with van der Waals surface area (Å²) in [6.45, 7) is 2.53. The molecule has 33 heteroatoms. The van der Waals surface area contributed by atoms with E-state index in [9.17, 15) is 44.7 Å². The first-order chi connectivity index (χ1) is 39.9. The Morgan fingerprint density at radius 3 is 1.12 bits per heavy atom. The molecule has 0 aliphatic heterocycles. The molecule has 3 saturated carbocycles. The van der Waals surface area contributed by atoms with Crippen molar-refractivity contribution >= 4 is 161 Å². The fraction of sp³-hybridized carbons (Fsp3) is 0.365. The Labute approximate surface area is 509 Å². The number of nitrogens with two attached hydrogens (primary N) is 6.